The van der Waals surface area contributed by atoms with Crippen LogP contribution in [0.4, 0.5) is 0 Å². The van der Waals surface area contributed by atoms with Crippen LogP contribution in [0.15, 0.2) is 0 Å². The molecule has 0 aromatic heterocycles. The normalized spacial score (nSPS) is 31.9. The third kappa shape index (κ3) is 2.27. The highest BCUT2D eigenvalue weighted by molar-refractivity contribution is 4.88. The van der Waals surface area contributed by atoms with E-state index in [1.807, 2.05) is 0 Å². The van der Waals surface area contributed by atoms with Crippen molar-refractivity contribution in [3.05, 3.63) is 0 Å². The molecule has 82 valence electrons. The first-order valence-corrected chi connectivity index (χ1v) is 5.91. The van der Waals surface area contributed by atoms with E-state index in [9.17, 15) is 0 Å². The van der Waals surface area contributed by atoms with Gasteiger partial charge in [0.25, 0.3) is 0 Å². The van der Waals surface area contributed by atoms with Crippen LogP contribution in [0, 0.1) is 5.92 Å². The molecule has 1 aliphatic heterocycles. The van der Waals surface area contributed by atoms with E-state index in [4.69, 9.17) is 4.74 Å². The van der Waals surface area contributed by atoms with Crippen molar-refractivity contribution >= 4 is 0 Å². The summed E-state index contributed by atoms with van der Waals surface area (Å²) in [6.07, 6.45) is 5.96. The standard InChI is InChI=1S/C11H22N2O/c1-12-11(9-4-2-3-5-9)10-8-13-6-7-14-10/h9-13H,2-8H2,1H3. The van der Waals surface area contributed by atoms with Crippen molar-refractivity contribution in [2.45, 2.75) is 37.8 Å². The van der Waals surface area contributed by atoms with Crippen molar-refractivity contribution in [1.82, 2.24) is 10.6 Å². The molecular formula is C11H22N2O. The van der Waals surface area contributed by atoms with Gasteiger partial charge in [-0.3, -0.25) is 0 Å². The molecule has 3 nitrogen and oxygen atoms in total. The van der Waals surface area contributed by atoms with Crippen molar-refractivity contribution in [2.75, 3.05) is 26.7 Å². The topological polar surface area (TPSA) is 33.3 Å². The molecule has 1 aliphatic carbocycles. The molecule has 2 unspecified atom stereocenters. The van der Waals surface area contributed by atoms with Gasteiger partial charge in [0.15, 0.2) is 0 Å². The second-order valence-electron chi connectivity index (χ2n) is 4.47. The van der Waals surface area contributed by atoms with Crippen LogP contribution in [0.1, 0.15) is 25.7 Å². The molecule has 2 fully saturated rings. The van der Waals surface area contributed by atoms with Crippen molar-refractivity contribution < 1.29 is 4.74 Å². The van der Waals surface area contributed by atoms with Gasteiger partial charge in [-0.2, -0.15) is 0 Å². The molecule has 2 N–H and O–H groups in total. The first-order valence-electron chi connectivity index (χ1n) is 5.91. The summed E-state index contributed by atoms with van der Waals surface area (Å²) in [5.41, 5.74) is 0. The summed E-state index contributed by atoms with van der Waals surface area (Å²) in [4.78, 5) is 0. The summed E-state index contributed by atoms with van der Waals surface area (Å²) in [6, 6.07) is 0.560. The van der Waals surface area contributed by atoms with Crippen LogP contribution in [-0.4, -0.2) is 38.9 Å². The van der Waals surface area contributed by atoms with Gasteiger partial charge in [0, 0.05) is 19.1 Å². The summed E-state index contributed by atoms with van der Waals surface area (Å²) in [6.45, 7) is 2.90. The molecule has 0 aromatic carbocycles. The van der Waals surface area contributed by atoms with Gasteiger partial charge in [-0.05, 0) is 25.8 Å². The van der Waals surface area contributed by atoms with Crippen molar-refractivity contribution in [2.24, 2.45) is 5.92 Å². The summed E-state index contributed by atoms with van der Waals surface area (Å²) in [5, 5.41) is 6.86. The highest BCUT2D eigenvalue weighted by atomic mass is 16.5. The van der Waals surface area contributed by atoms with E-state index in [0.29, 0.717) is 12.1 Å². The fraction of sp³-hybridized carbons (Fsp3) is 1.00. The Morgan fingerprint density at radius 2 is 2.14 bits per heavy atom. The van der Waals surface area contributed by atoms with Gasteiger partial charge >= 0.3 is 0 Å². The van der Waals surface area contributed by atoms with Gasteiger partial charge < -0.3 is 15.4 Å². The smallest absolute Gasteiger partial charge is 0.0855 e. The SMILES string of the molecule is CNC(C1CCCC1)C1CNCCO1. The summed E-state index contributed by atoms with van der Waals surface area (Å²) in [7, 11) is 2.07. The Kier molecular flexibility index (Phi) is 3.79. The van der Waals surface area contributed by atoms with Gasteiger partial charge in [0.2, 0.25) is 0 Å². The predicted octanol–water partition coefficient (Wildman–Crippen LogP) is 0.753. The van der Waals surface area contributed by atoms with Gasteiger partial charge in [-0.1, -0.05) is 12.8 Å². The van der Waals surface area contributed by atoms with Crippen LogP contribution in [0.25, 0.3) is 0 Å². The van der Waals surface area contributed by atoms with Gasteiger partial charge in [0.1, 0.15) is 0 Å². The molecule has 2 rings (SSSR count). The minimum Gasteiger partial charge on any atom is -0.374 e. The Hall–Kier alpha value is -0.120. The third-order valence-electron chi connectivity index (χ3n) is 3.60. The zero-order valence-electron chi connectivity index (χ0n) is 9.09. The lowest BCUT2D eigenvalue weighted by molar-refractivity contribution is -0.00729. The predicted molar refractivity (Wildman–Crippen MR) is 57.4 cm³/mol. The summed E-state index contributed by atoms with van der Waals surface area (Å²) < 4.78 is 5.82. The molecule has 1 heterocycles. The van der Waals surface area contributed by atoms with Crippen LogP contribution in [0.2, 0.25) is 0 Å². The average molecular weight is 198 g/mol. The van der Waals surface area contributed by atoms with Gasteiger partial charge in [-0.15, -0.1) is 0 Å². The molecule has 0 aromatic rings. The fourth-order valence-electron chi connectivity index (χ4n) is 2.86. The number of ether oxygens (including phenoxy) is 1. The molecule has 1 saturated heterocycles. The minimum atomic E-state index is 0.386. The second-order valence-corrected chi connectivity index (χ2v) is 4.47. The fourth-order valence-corrected chi connectivity index (χ4v) is 2.86. The quantitative estimate of drug-likeness (QED) is 0.702. The molecule has 14 heavy (non-hydrogen) atoms. The maximum atomic E-state index is 5.82. The second kappa shape index (κ2) is 5.10. The number of rotatable bonds is 3. The Labute approximate surface area is 86.6 Å². The molecule has 1 saturated carbocycles. The molecule has 2 aliphatic rings. The first kappa shape index (κ1) is 10.4. The number of hydrogen-bond donors (Lipinski definition) is 2. The van der Waals surface area contributed by atoms with E-state index in [-0.39, 0.29) is 0 Å². The Morgan fingerprint density at radius 1 is 1.36 bits per heavy atom. The molecule has 0 bridgehead atoms. The lowest BCUT2D eigenvalue weighted by Gasteiger charge is -2.34. The molecule has 0 radical (unpaired) electrons. The van der Waals surface area contributed by atoms with E-state index in [1.54, 1.807) is 0 Å². The molecular weight excluding hydrogens is 176 g/mol. The van der Waals surface area contributed by atoms with Crippen LogP contribution < -0.4 is 10.6 Å². The Bertz CT molecular complexity index is 163. The molecule has 3 heteroatoms. The largest absolute Gasteiger partial charge is 0.374 e. The van der Waals surface area contributed by atoms with E-state index in [1.165, 1.54) is 25.7 Å². The number of hydrogen-bond acceptors (Lipinski definition) is 3. The number of nitrogens with one attached hydrogen (secondary N) is 2. The molecule has 2 atom stereocenters. The first-order chi connectivity index (χ1) is 6.92. The maximum Gasteiger partial charge on any atom is 0.0855 e. The number of morpholine rings is 1. The summed E-state index contributed by atoms with van der Waals surface area (Å²) in [5.74, 6) is 0.838. The Balaban J connectivity index is 1.89. The van der Waals surface area contributed by atoms with E-state index >= 15 is 0 Å². The van der Waals surface area contributed by atoms with Gasteiger partial charge in [-0.25, -0.2) is 0 Å². The van der Waals surface area contributed by atoms with Crippen LogP contribution in [-0.2, 0) is 4.74 Å². The van der Waals surface area contributed by atoms with E-state index in [0.717, 1.165) is 25.6 Å². The minimum absolute atomic E-state index is 0.386. The zero-order valence-corrected chi connectivity index (χ0v) is 9.09. The molecule has 0 spiro atoms. The zero-order chi connectivity index (χ0) is 9.80. The number of likely N-dealkylation sites (N-methyl/N-ethyl adjacent to an activating group) is 1. The average Bonchev–Trinajstić information content (AvgIpc) is 2.74. The van der Waals surface area contributed by atoms with Crippen molar-refractivity contribution in [3.8, 4) is 0 Å². The van der Waals surface area contributed by atoms with Crippen molar-refractivity contribution in [3.63, 3.8) is 0 Å². The monoisotopic (exact) mass is 198 g/mol. The van der Waals surface area contributed by atoms with Crippen molar-refractivity contribution in [1.29, 1.82) is 0 Å². The van der Waals surface area contributed by atoms with Crippen LogP contribution in [0.3, 0.4) is 0 Å². The third-order valence-corrected chi connectivity index (χ3v) is 3.60. The van der Waals surface area contributed by atoms with Crippen LogP contribution in [0.5, 0.6) is 0 Å². The van der Waals surface area contributed by atoms with E-state index in [2.05, 4.69) is 17.7 Å². The van der Waals surface area contributed by atoms with E-state index < -0.39 is 0 Å². The lowest BCUT2D eigenvalue weighted by atomic mass is 9.93. The highest BCUT2D eigenvalue weighted by Crippen LogP contribution is 2.29. The van der Waals surface area contributed by atoms with Gasteiger partial charge in [0.05, 0.1) is 12.7 Å². The van der Waals surface area contributed by atoms with Crippen LogP contribution >= 0.6 is 0 Å². The lowest BCUT2D eigenvalue weighted by Crippen LogP contribution is -2.52. The summed E-state index contributed by atoms with van der Waals surface area (Å²) >= 11 is 0. The Morgan fingerprint density at radius 3 is 2.71 bits per heavy atom. The highest BCUT2D eigenvalue weighted by Gasteiger charge is 2.31. The maximum absolute atomic E-state index is 5.82. The molecule has 0 amide bonds.